The largest absolute Gasteiger partial charge is 0.364 e. The number of carbonyl (C=O) groups excluding carboxylic acids is 1. The molecule has 5 heteroatoms. The second kappa shape index (κ2) is 6.35. The van der Waals surface area contributed by atoms with E-state index in [-0.39, 0.29) is 5.69 Å². The second-order valence-corrected chi connectivity index (χ2v) is 4.84. The van der Waals surface area contributed by atoms with Crippen LogP contribution in [-0.2, 0) is 0 Å². The van der Waals surface area contributed by atoms with Gasteiger partial charge in [0.2, 0.25) is 5.95 Å². The van der Waals surface area contributed by atoms with E-state index in [0.29, 0.717) is 11.6 Å². The van der Waals surface area contributed by atoms with Gasteiger partial charge < -0.3 is 10.6 Å². The molecule has 2 aromatic rings. The van der Waals surface area contributed by atoms with Crippen molar-refractivity contribution in [2.24, 2.45) is 5.73 Å². The van der Waals surface area contributed by atoms with Crippen LogP contribution < -0.4 is 10.6 Å². The van der Waals surface area contributed by atoms with Gasteiger partial charge in [-0.25, -0.2) is 9.97 Å². The van der Waals surface area contributed by atoms with E-state index in [9.17, 15) is 4.79 Å². The summed E-state index contributed by atoms with van der Waals surface area (Å²) >= 11 is 0. The number of nitrogens with two attached hydrogens (primary N) is 1. The lowest BCUT2D eigenvalue weighted by Crippen LogP contribution is -2.26. The number of nitrogens with zero attached hydrogens (tertiary/aromatic N) is 3. The summed E-state index contributed by atoms with van der Waals surface area (Å²) in [7, 11) is 0. The van der Waals surface area contributed by atoms with Crippen molar-refractivity contribution in [3.63, 3.8) is 0 Å². The van der Waals surface area contributed by atoms with Gasteiger partial charge in [-0.15, -0.1) is 0 Å². The first-order valence-electron chi connectivity index (χ1n) is 7.06. The molecule has 0 radical (unpaired) electrons. The lowest BCUT2D eigenvalue weighted by molar-refractivity contribution is 0.0995. The Hall–Kier alpha value is -2.43. The zero-order valence-corrected chi connectivity index (χ0v) is 12.6. The van der Waals surface area contributed by atoms with Crippen LogP contribution in [0.15, 0.2) is 30.3 Å². The van der Waals surface area contributed by atoms with Crippen molar-refractivity contribution in [1.29, 1.82) is 0 Å². The van der Waals surface area contributed by atoms with Crippen molar-refractivity contribution < 1.29 is 4.79 Å². The Kier molecular flexibility index (Phi) is 4.52. The first kappa shape index (κ1) is 15.0. The van der Waals surface area contributed by atoms with E-state index in [1.807, 2.05) is 49.9 Å². The molecule has 2 N–H and O–H groups in total. The molecule has 1 heterocycles. The van der Waals surface area contributed by atoms with Crippen LogP contribution in [0.1, 0.15) is 29.9 Å². The molecule has 5 nitrogen and oxygen atoms in total. The average molecular weight is 284 g/mol. The quantitative estimate of drug-likeness (QED) is 0.915. The first-order valence-corrected chi connectivity index (χ1v) is 7.06. The Morgan fingerprint density at radius 2 is 1.90 bits per heavy atom. The van der Waals surface area contributed by atoms with Gasteiger partial charge in [-0.3, -0.25) is 4.79 Å². The molecular weight excluding hydrogens is 264 g/mol. The van der Waals surface area contributed by atoms with Gasteiger partial charge in [0.05, 0.1) is 5.69 Å². The highest BCUT2D eigenvalue weighted by atomic mass is 16.1. The predicted molar refractivity (Wildman–Crippen MR) is 84.3 cm³/mol. The van der Waals surface area contributed by atoms with Crippen molar-refractivity contribution in [1.82, 2.24) is 9.97 Å². The molecule has 0 bridgehead atoms. The summed E-state index contributed by atoms with van der Waals surface area (Å²) in [6.07, 6.45) is 0. The highest BCUT2D eigenvalue weighted by molar-refractivity contribution is 5.92. The molecule has 0 saturated heterocycles. The first-order chi connectivity index (χ1) is 10.0. The summed E-state index contributed by atoms with van der Waals surface area (Å²) in [4.78, 5) is 22.3. The third-order valence-electron chi connectivity index (χ3n) is 3.33. The van der Waals surface area contributed by atoms with E-state index in [4.69, 9.17) is 5.73 Å². The minimum atomic E-state index is -0.542. The molecular formula is C16H20N4O. The third kappa shape index (κ3) is 3.37. The van der Waals surface area contributed by atoms with Crippen molar-refractivity contribution >= 4 is 11.9 Å². The van der Waals surface area contributed by atoms with Crippen molar-refractivity contribution in [3.8, 4) is 11.3 Å². The normalized spacial score (nSPS) is 10.4. The maximum Gasteiger partial charge on any atom is 0.267 e. The predicted octanol–water partition coefficient (Wildman–Crippen LogP) is 2.40. The molecule has 0 aliphatic heterocycles. The number of aryl methyl sites for hydroxylation is 1. The molecule has 1 aromatic carbocycles. The maximum atomic E-state index is 11.5. The number of carbonyl (C=O) groups is 1. The molecule has 1 aromatic heterocycles. The molecule has 1 amide bonds. The SMILES string of the molecule is CCN(CC)c1nc(C(N)=O)cc(-c2cccc(C)c2)n1. The fourth-order valence-electron chi connectivity index (χ4n) is 2.16. The Labute approximate surface area is 124 Å². The fourth-order valence-corrected chi connectivity index (χ4v) is 2.16. The topological polar surface area (TPSA) is 72.1 Å². The summed E-state index contributed by atoms with van der Waals surface area (Å²) in [5, 5.41) is 0. The Bertz CT molecular complexity index is 650. The van der Waals surface area contributed by atoms with Gasteiger partial charge in [0.15, 0.2) is 0 Å². The summed E-state index contributed by atoms with van der Waals surface area (Å²) in [5.41, 5.74) is 8.43. The van der Waals surface area contributed by atoms with Gasteiger partial charge in [0, 0.05) is 18.7 Å². The summed E-state index contributed by atoms with van der Waals surface area (Å²) in [6.45, 7) is 7.61. The molecule has 0 fully saturated rings. The van der Waals surface area contributed by atoms with Crippen LogP contribution in [-0.4, -0.2) is 29.0 Å². The van der Waals surface area contributed by atoms with Gasteiger partial charge >= 0.3 is 0 Å². The van der Waals surface area contributed by atoms with E-state index >= 15 is 0 Å². The van der Waals surface area contributed by atoms with Gasteiger partial charge in [-0.2, -0.15) is 0 Å². The minimum absolute atomic E-state index is 0.239. The molecule has 21 heavy (non-hydrogen) atoms. The van der Waals surface area contributed by atoms with Gasteiger partial charge in [-0.05, 0) is 32.9 Å². The van der Waals surface area contributed by atoms with Crippen LogP contribution in [0.5, 0.6) is 0 Å². The van der Waals surface area contributed by atoms with Crippen LogP contribution in [0.25, 0.3) is 11.3 Å². The Morgan fingerprint density at radius 3 is 2.48 bits per heavy atom. The second-order valence-electron chi connectivity index (χ2n) is 4.84. The molecule has 0 aliphatic rings. The smallest absolute Gasteiger partial charge is 0.267 e. The monoisotopic (exact) mass is 284 g/mol. The van der Waals surface area contributed by atoms with Crippen LogP contribution >= 0.6 is 0 Å². The molecule has 110 valence electrons. The van der Waals surface area contributed by atoms with Crippen molar-refractivity contribution in [2.45, 2.75) is 20.8 Å². The number of hydrogen-bond acceptors (Lipinski definition) is 4. The maximum absolute atomic E-state index is 11.5. The number of aromatic nitrogens is 2. The zero-order valence-electron chi connectivity index (χ0n) is 12.6. The molecule has 0 atom stereocenters. The van der Waals surface area contributed by atoms with E-state index in [0.717, 1.165) is 24.2 Å². The Morgan fingerprint density at radius 1 is 1.19 bits per heavy atom. The number of rotatable bonds is 5. The number of primary amides is 1. The molecule has 2 rings (SSSR count). The summed E-state index contributed by atoms with van der Waals surface area (Å²) in [6, 6.07) is 9.62. The lowest BCUT2D eigenvalue weighted by Gasteiger charge is -2.19. The number of hydrogen-bond donors (Lipinski definition) is 1. The van der Waals surface area contributed by atoms with Gasteiger partial charge in [0.25, 0.3) is 5.91 Å². The van der Waals surface area contributed by atoms with Crippen LogP contribution in [0.2, 0.25) is 0 Å². The Balaban J connectivity index is 2.57. The molecule has 0 unspecified atom stereocenters. The number of amides is 1. The van der Waals surface area contributed by atoms with Crippen LogP contribution in [0.3, 0.4) is 0 Å². The minimum Gasteiger partial charge on any atom is -0.364 e. The van der Waals surface area contributed by atoms with Gasteiger partial charge in [-0.1, -0.05) is 23.8 Å². The van der Waals surface area contributed by atoms with Crippen molar-refractivity contribution in [2.75, 3.05) is 18.0 Å². The summed E-state index contributed by atoms with van der Waals surface area (Å²) in [5.74, 6) is -0.00693. The van der Waals surface area contributed by atoms with Crippen molar-refractivity contribution in [3.05, 3.63) is 41.6 Å². The third-order valence-corrected chi connectivity index (χ3v) is 3.33. The molecule has 0 spiro atoms. The standard InChI is InChI=1S/C16H20N4O/c1-4-20(5-2)16-18-13(10-14(19-16)15(17)21)12-8-6-7-11(3)9-12/h6-10H,4-5H2,1-3H3,(H2,17,21). The van der Waals surface area contributed by atoms with Crippen LogP contribution in [0.4, 0.5) is 5.95 Å². The van der Waals surface area contributed by atoms with Gasteiger partial charge in [0.1, 0.15) is 5.69 Å². The van der Waals surface area contributed by atoms with E-state index in [1.165, 1.54) is 0 Å². The summed E-state index contributed by atoms with van der Waals surface area (Å²) < 4.78 is 0. The van der Waals surface area contributed by atoms with E-state index < -0.39 is 5.91 Å². The van der Waals surface area contributed by atoms with Crippen LogP contribution in [0, 0.1) is 6.92 Å². The van der Waals surface area contributed by atoms with E-state index in [1.54, 1.807) is 6.07 Å². The highest BCUT2D eigenvalue weighted by Crippen LogP contribution is 2.21. The molecule has 0 aliphatic carbocycles. The lowest BCUT2D eigenvalue weighted by atomic mass is 10.1. The number of benzene rings is 1. The molecule has 0 saturated carbocycles. The zero-order chi connectivity index (χ0) is 15.4. The average Bonchev–Trinajstić information content (AvgIpc) is 2.48. The highest BCUT2D eigenvalue weighted by Gasteiger charge is 2.13. The number of anilines is 1. The fraction of sp³-hybridized carbons (Fsp3) is 0.312. The van der Waals surface area contributed by atoms with E-state index in [2.05, 4.69) is 9.97 Å².